The smallest absolute Gasteiger partial charge is 0.303 e. The third-order valence-corrected chi connectivity index (χ3v) is 6.12. The number of imidazole rings is 1. The first kappa shape index (κ1) is 22.8. The Kier molecular flexibility index (Phi) is 6.94. The van der Waals surface area contributed by atoms with Crippen LogP contribution < -0.4 is 0 Å². The fourth-order valence-corrected chi connectivity index (χ4v) is 4.73. The van der Waals surface area contributed by atoms with Crippen LogP contribution in [0.2, 0.25) is 10.0 Å². The lowest BCUT2D eigenvalue weighted by atomic mass is 10.1. The summed E-state index contributed by atoms with van der Waals surface area (Å²) in [4.78, 5) is 39.4. The molecule has 8 nitrogen and oxygen atoms in total. The van der Waals surface area contributed by atoms with E-state index in [2.05, 4.69) is 20.9 Å². The van der Waals surface area contributed by atoms with Crippen LogP contribution in [0.15, 0.2) is 16.9 Å². The maximum absolute atomic E-state index is 11.8. The molecule has 0 radical (unpaired) electrons. The Morgan fingerprint density at radius 2 is 1.67 bits per heavy atom. The van der Waals surface area contributed by atoms with Gasteiger partial charge in [-0.1, -0.05) is 23.2 Å². The van der Waals surface area contributed by atoms with E-state index in [1.54, 1.807) is 12.1 Å². The molecular formula is C19H19BrCl2N2O6. The number of hydrogen-bond donors (Lipinski definition) is 0. The molecule has 0 aliphatic heterocycles. The number of esters is 3. The molecule has 1 aromatic heterocycles. The van der Waals surface area contributed by atoms with Gasteiger partial charge in [0.25, 0.3) is 0 Å². The molecule has 11 heteroatoms. The topological polar surface area (TPSA) is 96.7 Å². The van der Waals surface area contributed by atoms with Crippen molar-refractivity contribution in [2.75, 3.05) is 6.61 Å². The molecule has 0 unspecified atom stereocenters. The summed E-state index contributed by atoms with van der Waals surface area (Å²) in [5.74, 6) is -1.91. The van der Waals surface area contributed by atoms with Gasteiger partial charge in [0.05, 0.1) is 33.7 Å². The number of hydrogen-bond acceptors (Lipinski definition) is 7. The summed E-state index contributed by atoms with van der Waals surface area (Å²) in [5, 5.41) is 0.697. The SMILES string of the molecule is CC(=O)OC[C@@H]1C[C@H](n2c(Br)nc3cc(Cl)c(Cl)cc32)[C@@H](OC(C)=O)[C@H]1OC(C)=O. The van der Waals surface area contributed by atoms with E-state index < -0.39 is 36.2 Å². The number of nitrogens with zero attached hydrogens (tertiary/aromatic N) is 2. The van der Waals surface area contributed by atoms with Gasteiger partial charge in [0.1, 0.15) is 6.10 Å². The van der Waals surface area contributed by atoms with E-state index in [1.165, 1.54) is 20.8 Å². The first-order valence-electron chi connectivity index (χ1n) is 9.08. The third kappa shape index (κ3) is 4.73. The van der Waals surface area contributed by atoms with Crippen molar-refractivity contribution in [3.05, 3.63) is 26.9 Å². The van der Waals surface area contributed by atoms with Crippen LogP contribution in [-0.2, 0) is 28.6 Å². The molecule has 1 aliphatic rings. The molecule has 162 valence electrons. The van der Waals surface area contributed by atoms with Gasteiger partial charge in [-0.05, 0) is 34.5 Å². The Morgan fingerprint density at radius 1 is 1.07 bits per heavy atom. The van der Waals surface area contributed by atoms with Crippen molar-refractivity contribution in [1.29, 1.82) is 0 Å². The summed E-state index contributed by atoms with van der Waals surface area (Å²) in [5.41, 5.74) is 1.25. The summed E-state index contributed by atoms with van der Waals surface area (Å²) in [6.07, 6.45) is -1.23. The summed E-state index contributed by atoms with van der Waals surface area (Å²) in [6.45, 7) is 3.85. The van der Waals surface area contributed by atoms with Crippen LogP contribution in [-0.4, -0.2) is 46.3 Å². The second-order valence-corrected chi connectivity index (χ2v) is 8.54. The summed E-state index contributed by atoms with van der Waals surface area (Å²) in [6, 6.07) is 2.84. The molecule has 4 atom stereocenters. The maximum Gasteiger partial charge on any atom is 0.303 e. The average Bonchev–Trinajstić information content (AvgIpc) is 3.10. The third-order valence-electron chi connectivity index (χ3n) is 4.84. The fourth-order valence-electron chi connectivity index (χ4n) is 3.77. The zero-order chi connectivity index (χ0) is 22.2. The number of halogens is 3. The van der Waals surface area contributed by atoms with Crippen LogP contribution >= 0.6 is 39.1 Å². The van der Waals surface area contributed by atoms with Crippen LogP contribution in [0.1, 0.15) is 33.2 Å². The fraction of sp³-hybridized carbons (Fsp3) is 0.474. The van der Waals surface area contributed by atoms with E-state index in [9.17, 15) is 14.4 Å². The zero-order valence-electron chi connectivity index (χ0n) is 16.4. The molecule has 0 bridgehead atoms. The minimum atomic E-state index is -0.824. The van der Waals surface area contributed by atoms with Crippen molar-refractivity contribution in [3.8, 4) is 0 Å². The second kappa shape index (κ2) is 9.11. The normalized spacial score (nSPS) is 23.4. The van der Waals surface area contributed by atoms with E-state index >= 15 is 0 Å². The zero-order valence-corrected chi connectivity index (χ0v) is 19.5. The highest BCUT2D eigenvalue weighted by atomic mass is 79.9. The molecule has 30 heavy (non-hydrogen) atoms. The predicted octanol–water partition coefficient (Wildman–Crippen LogP) is 4.09. The van der Waals surface area contributed by atoms with Crippen molar-refractivity contribution < 1.29 is 28.6 Å². The van der Waals surface area contributed by atoms with Gasteiger partial charge >= 0.3 is 17.9 Å². The lowest BCUT2D eigenvalue weighted by Crippen LogP contribution is -2.38. The Hall–Kier alpha value is -1.84. The van der Waals surface area contributed by atoms with Gasteiger partial charge < -0.3 is 18.8 Å². The van der Waals surface area contributed by atoms with Crippen molar-refractivity contribution >= 4 is 68.1 Å². The molecule has 3 rings (SSSR count). The molecule has 0 N–H and O–H groups in total. The quantitative estimate of drug-likeness (QED) is 0.431. The minimum Gasteiger partial charge on any atom is -0.465 e. The summed E-state index contributed by atoms with van der Waals surface area (Å²) in [7, 11) is 0. The Bertz CT molecular complexity index is 1010. The van der Waals surface area contributed by atoms with Gasteiger partial charge in [0.15, 0.2) is 10.8 Å². The van der Waals surface area contributed by atoms with E-state index in [0.29, 0.717) is 32.2 Å². The number of fused-ring (bicyclic) bond motifs is 1. The van der Waals surface area contributed by atoms with Gasteiger partial charge in [-0.3, -0.25) is 14.4 Å². The van der Waals surface area contributed by atoms with Crippen LogP contribution in [0.4, 0.5) is 0 Å². The van der Waals surface area contributed by atoms with E-state index in [1.807, 2.05) is 4.57 Å². The average molecular weight is 522 g/mol. The minimum absolute atomic E-state index is 0.0123. The van der Waals surface area contributed by atoms with E-state index in [4.69, 9.17) is 37.4 Å². The Morgan fingerprint density at radius 3 is 2.27 bits per heavy atom. The van der Waals surface area contributed by atoms with Crippen LogP contribution in [0.5, 0.6) is 0 Å². The summed E-state index contributed by atoms with van der Waals surface area (Å²) < 4.78 is 18.5. The van der Waals surface area contributed by atoms with Crippen molar-refractivity contribution in [3.63, 3.8) is 0 Å². The number of benzene rings is 1. The standard InChI is InChI=1S/C19H19BrCl2N2O6/c1-8(25)28-7-11-4-16(18(30-10(3)27)17(11)29-9(2)26)24-15-6-13(22)12(21)5-14(15)23-19(24)20/h5-6,11,16-18H,4,7H2,1-3H3/t11-,16-,17-,18+/m0/s1. The Balaban J connectivity index is 2.09. The second-order valence-electron chi connectivity index (χ2n) is 7.02. The molecule has 1 aliphatic carbocycles. The first-order valence-corrected chi connectivity index (χ1v) is 10.6. The van der Waals surface area contributed by atoms with E-state index in [0.717, 1.165) is 0 Å². The lowest BCUT2D eigenvalue weighted by Gasteiger charge is -2.27. The molecule has 1 heterocycles. The van der Waals surface area contributed by atoms with E-state index in [-0.39, 0.29) is 12.5 Å². The number of ether oxygens (including phenoxy) is 3. The van der Waals surface area contributed by atoms with Crippen molar-refractivity contribution in [2.24, 2.45) is 5.92 Å². The highest BCUT2D eigenvalue weighted by molar-refractivity contribution is 9.10. The van der Waals surface area contributed by atoms with Crippen LogP contribution in [0.25, 0.3) is 11.0 Å². The molecule has 1 aromatic carbocycles. The van der Waals surface area contributed by atoms with Crippen LogP contribution in [0, 0.1) is 5.92 Å². The van der Waals surface area contributed by atoms with Crippen molar-refractivity contribution in [1.82, 2.24) is 9.55 Å². The van der Waals surface area contributed by atoms with Gasteiger partial charge in [-0.15, -0.1) is 0 Å². The molecule has 0 amide bonds. The molecule has 0 spiro atoms. The highest BCUT2D eigenvalue weighted by Crippen LogP contribution is 2.43. The highest BCUT2D eigenvalue weighted by Gasteiger charge is 2.50. The molecule has 1 fully saturated rings. The Labute approximate surface area is 190 Å². The first-order chi connectivity index (χ1) is 14.1. The number of rotatable bonds is 5. The molecule has 1 saturated carbocycles. The number of carbonyl (C=O) groups excluding carboxylic acids is 3. The monoisotopic (exact) mass is 520 g/mol. The molecular weight excluding hydrogens is 503 g/mol. The number of carbonyl (C=O) groups is 3. The summed E-state index contributed by atoms with van der Waals surface area (Å²) >= 11 is 15.8. The van der Waals surface area contributed by atoms with Gasteiger partial charge in [0, 0.05) is 26.7 Å². The van der Waals surface area contributed by atoms with Gasteiger partial charge in [-0.25, -0.2) is 4.98 Å². The molecule has 0 saturated heterocycles. The van der Waals surface area contributed by atoms with Gasteiger partial charge in [0.2, 0.25) is 0 Å². The number of aromatic nitrogens is 2. The van der Waals surface area contributed by atoms with Gasteiger partial charge in [-0.2, -0.15) is 0 Å². The van der Waals surface area contributed by atoms with Crippen molar-refractivity contribution in [2.45, 2.75) is 45.4 Å². The van der Waals surface area contributed by atoms with Crippen LogP contribution in [0.3, 0.4) is 0 Å². The predicted molar refractivity (Wildman–Crippen MR) is 112 cm³/mol. The lowest BCUT2D eigenvalue weighted by molar-refractivity contribution is -0.168. The largest absolute Gasteiger partial charge is 0.465 e. The molecule has 2 aromatic rings. The maximum atomic E-state index is 11.8.